The number of anilines is 2. The summed E-state index contributed by atoms with van der Waals surface area (Å²) in [4.78, 5) is 33.8. The fourth-order valence-electron chi connectivity index (χ4n) is 5.03. The summed E-state index contributed by atoms with van der Waals surface area (Å²) in [6.07, 6.45) is 0. The minimum absolute atomic E-state index is 0.107. The highest BCUT2D eigenvalue weighted by Crippen LogP contribution is 2.45. The Hall–Kier alpha value is -4.83. The average Bonchev–Trinajstić information content (AvgIpc) is 3.39. The van der Waals surface area contributed by atoms with Crippen molar-refractivity contribution in [3.63, 3.8) is 0 Å². The van der Waals surface area contributed by atoms with Gasteiger partial charge in [0.2, 0.25) is 5.91 Å². The molecule has 40 heavy (non-hydrogen) atoms. The highest BCUT2D eigenvalue weighted by Gasteiger charge is 2.47. The lowest BCUT2D eigenvalue weighted by molar-refractivity contribution is -0.131. The van der Waals surface area contributed by atoms with Gasteiger partial charge >= 0.3 is 5.97 Å². The Bertz CT molecular complexity index is 1840. The van der Waals surface area contributed by atoms with Crippen LogP contribution in [-0.2, 0) is 21.5 Å². The van der Waals surface area contributed by atoms with Crippen LogP contribution < -0.4 is 15.8 Å². The van der Waals surface area contributed by atoms with Crippen molar-refractivity contribution in [2.45, 2.75) is 25.8 Å². The maximum Gasteiger partial charge on any atom is 0.308 e. The molecule has 0 radical (unpaired) electrons. The lowest BCUT2D eigenvalue weighted by atomic mass is 9.78. The summed E-state index contributed by atoms with van der Waals surface area (Å²) < 4.78 is 21.2. The third kappa shape index (κ3) is 4.13. The molecule has 2 aromatic heterocycles. The zero-order valence-corrected chi connectivity index (χ0v) is 22.2. The Labute approximate surface area is 232 Å². The van der Waals surface area contributed by atoms with Crippen molar-refractivity contribution in [1.29, 1.82) is 0 Å². The molecule has 1 amide bonds. The van der Waals surface area contributed by atoms with E-state index in [0.717, 1.165) is 0 Å². The molecule has 0 bridgehead atoms. The number of carbonyl (C=O) groups excluding carboxylic acids is 2. The van der Waals surface area contributed by atoms with E-state index in [9.17, 15) is 14.0 Å². The molecule has 11 heteroatoms. The fraction of sp³-hybridized carbons (Fsp3) is 0.138. The van der Waals surface area contributed by atoms with E-state index in [4.69, 9.17) is 27.2 Å². The van der Waals surface area contributed by atoms with E-state index in [0.29, 0.717) is 44.1 Å². The number of nitrogens with two attached hydrogens (primary N) is 1. The van der Waals surface area contributed by atoms with Gasteiger partial charge in [-0.2, -0.15) is 5.10 Å². The number of carbonyl (C=O) groups is 2. The van der Waals surface area contributed by atoms with Crippen LogP contribution in [-0.4, -0.2) is 31.6 Å². The van der Waals surface area contributed by atoms with Crippen molar-refractivity contribution in [3.05, 3.63) is 94.3 Å². The van der Waals surface area contributed by atoms with E-state index in [1.165, 1.54) is 13.0 Å². The Morgan fingerprint density at radius 3 is 2.60 bits per heavy atom. The van der Waals surface area contributed by atoms with Crippen LogP contribution in [0.15, 0.2) is 66.7 Å². The van der Waals surface area contributed by atoms with Crippen LogP contribution >= 0.6 is 11.6 Å². The van der Waals surface area contributed by atoms with E-state index >= 15 is 0 Å². The van der Waals surface area contributed by atoms with Crippen LogP contribution in [0.5, 0.6) is 5.75 Å². The van der Waals surface area contributed by atoms with Gasteiger partial charge in [-0.1, -0.05) is 41.9 Å². The van der Waals surface area contributed by atoms with Crippen LogP contribution in [0.2, 0.25) is 5.02 Å². The standard InChI is InChI=1S/C29H22ClFN6O3/c1-15(38)40-19-10-7-17(8-11-19)29(2)23-25(32)33-27(34-26(23)35-28(29)39)24-20-12-9-18(30)13-22(20)37(36-24)14-16-5-3-4-6-21(16)31/h3-13H,14H2,1-2H3,(H3,32,33,34,35,39). The summed E-state index contributed by atoms with van der Waals surface area (Å²) in [7, 11) is 0. The first-order valence-corrected chi connectivity index (χ1v) is 12.7. The third-order valence-corrected chi connectivity index (χ3v) is 7.25. The first-order chi connectivity index (χ1) is 19.1. The average molecular weight is 557 g/mol. The number of amides is 1. The summed E-state index contributed by atoms with van der Waals surface area (Å²) >= 11 is 6.28. The lowest BCUT2D eigenvalue weighted by Crippen LogP contribution is -2.32. The van der Waals surface area contributed by atoms with Crippen molar-refractivity contribution in [2.75, 3.05) is 11.1 Å². The molecule has 1 aliphatic rings. The normalized spacial score (nSPS) is 16.1. The smallest absolute Gasteiger partial charge is 0.308 e. The number of halogens is 2. The molecular weight excluding hydrogens is 535 g/mol. The van der Waals surface area contributed by atoms with E-state index in [1.807, 2.05) is 0 Å². The molecule has 1 atom stereocenters. The lowest BCUT2D eigenvalue weighted by Gasteiger charge is -2.23. The monoisotopic (exact) mass is 556 g/mol. The van der Waals surface area contributed by atoms with Gasteiger partial charge in [0.15, 0.2) is 5.82 Å². The van der Waals surface area contributed by atoms with Crippen molar-refractivity contribution in [2.24, 2.45) is 0 Å². The molecule has 6 rings (SSSR count). The molecule has 3 heterocycles. The van der Waals surface area contributed by atoms with E-state index in [-0.39, 0.29) is 35.7 Å². The van der Waals surface area contributed by atoms with Gasteiger partial charge in [0.25, 0.3) is 0 Å². The second-order valence-corrected chi connectivity index (χ2v) is 10.0. The molecule has 200 valence electrons. The first kappa shape index (κ1) is 25.4. The van der Waals surface area contributed by atoms with Crippen molar-refractivity contribution in [1.82, 2.24) is 19.7 Å². The molecular formula is C29H22ClFN6O3. The number of esters is 1. The van der Waals surface area contributed by atoms with Crippen molar-refractivity contribution < 1.29 is 18.7 Å². The minimum Gasteiger partial charge on any atom is -0.427 e. The molecule has 1 aliphatic heterocycles. The van der Waals surface area contributed by atoms with Crippen LogP contribution in [0.4, 0.5) is 16.0 Å². The molecule has 3 aromatic carbocycles. The SMILES string of the molecule is CC(=O)Oc1ccc(C2(C)C(=O)Nc3nc(-c4nn(Cc5ccccc5F)c5cc(Cl)ccc45)nc(N)c32)cc1. The second kappa shape index (κ2) is 9.42. The first-order valence-electron chi connectivity index (χ1n) is 12.3. The largest absolute Gasteiger partial charge is 0.427 e. The van der Waals surface area contributed by atoms with Crippen LogP contribution in [0, 0.1) is 5.82 Å². The number of nitrogens with zero attached hydrogens (tertiary/aromatic N) is 4. The third-order valence-electron chi connectivity index (χ3n) is 7.02. The number of ether oxygens (including phenoxy) is 1. The quantitative estimate of drug-likeness (QED) is 0.228. The van der Waals surface area contributed by atoms with Crippen LogP contribution in [0.25, 0.3) is 22.4 Å². The molecule has 0 fully saturated rings. The van der Waals surface area contributed by atoms with Gasteiger partial charge < -0.3 is 15.8 Å². The van der Waals surface area contributed by atoms with Crippen LogP contribution in [0.3, 0.4) is 0 Å². The highest BCUT2D eigenvalue weighted by atomic mass is 35.5. The number of nitrogens with one attached hydrogen (secondary N) is 1. The molecule has 0 saturated heterocycles. The van der Waals surface area contributed by atoms with Gasteiger partial charge in [-0.3, -0.25) is 14.3 Å². The Kier molecular flexibility index (Phi) is 5.99. The van der Waals surface area contributed by atoms with Gasteiger partial charge in [0.1, 0.15) is 34.3 Å². The van der Waals surface area contributed by atoms with Gasteiger partial charge in [-0.15, -0.1) is 0 Å². The van der Waals surface area contributed by atoms with Crippen molar-refractivity contribution >= 4 is 46.0 Å². The van der Waals surface area contributed by atoms with Gasteiger partial charge in [0, 0.05) is 22.9 Å². The number of nitrogen functional groups attached to an aromatic ring is 1. The predicted molar refractivity (Wildman–Crippen MR) is 149 cm³/mol. The summed E-state index contributed by atoms with van der Waals surface area (Å²) in [6.45, 7) is 3.20. The highest BCUT2D eigenvalue weighted by molar-refractivity contribution is 6.31. The zero-order valence-electron chi connectivity index (χ0n) is 21.4. The topological polar surface area (TPSA) is 125 Å². The van der Waals surface area contributed by atoms with Gasteiger partial charge in [0.05, 0.1) is 17.6 Å². The number of hydrogen-bond donors (Lipinski definition) is 2. The fourth-order valence-corrected chi connectivity index (χ4v) is 5.20. The maximum absolute atomic E-state index is 14.4. The predicted octanol–water partition coefficient (Wildman–Crippen LogP) is 5.10. The number of rotatable bonds is 5. The van der Waals surface area contributed by atoms with Crippen LogP contribution in [0.1, 0.15) is 30.5 Å². The molecule has 9 nitrogen and oxygen atoms in total. The maximum atomic E-state index is 14.4. The molecule has 5 aromatic rings. The van der Waals surface area contributed by atoms with Gasteiger partial charge in [-0.05, 0) is 48.9 Å². The second-order valence-electron chi connectivity index (χ2n) is 9.61. The molecule has 0 aliphatic carbocycles. The van der Waals surface area contributed by atoms with E-state index in [1.54, 1.807) is 72.3 Å². The number of hydrogen-bond acceptors (Lipinski definition) is 7. The minimum atomic E-state index is -1.19. The summed E-state index contributed by atoms with van der Waals surface area (Å²) in [6, 6.07) is 18.3. The Balaban J connectivity index is 1.44. The van der Waals surface area contributed by atoms with Crippen molar-refractivity contribution in [3.8, 4) is 17.3 Å². The number of fused-ring (bicyclic) bond motifs is 2. The van der Waals surface area contributed by atoms with E-state index in [2.05, 4.69) is 15.3 Å². The number of benzene rings is 3. The molecule has 3 N–H and O–H groups in total. The zero-order chi connectivity index (χ0) is 28.2. The summed E-state index contributed by atoms with van der Waals surface area (Å²) in [5.41, 5.74) is 7.87. The molecule has 0 saturated carbocycles. The molecule has 0 spiro atoms. The van der Waals surface area contributed by atoms with Gasteiger partial charge in [-0.25, -0.2) is 14.4 Å². The Morgan fingerprint density at radius 1 is 1.12 bits per heavy atom. The molecule has 1 unspecified atom stereocenters. The summed E-state index contributed by atoms with van der Waals surface area (Å²) in [5, 5.41) is 8.72. The number of aromatic nitrogens is 4. The Morgan fingerprint density at radius 2 is 1.88 bits per heavy atom. The summed E-state index contributed by atoms with van der Waals surface area (Å²) in [5.74, 6) is -0.195. The van der Waals surface area contributed by atoms with E-state index < -0.39 is 11.4 Å².